The van der Waals surface area contributed by atoms with Crippen LogP contribution >= 0.6 is 0 Å². The third kappa shape index (κ3) is 2.43. The zero-order valence-corrected chi connectivity index (χ0v) is 11.6. The van der Waals surface area contributed by atoms with Crippen molar-refractivity contribution in [2.75, 3.05) is 6.54 Å². The second-order valence-corrected chi connectivity index (χ2v) is 5.28. The van der Waals surface area contributed by atoms with Gasteiger partial charge in [-0.1, -0.05) is 55.8 Å². The maximum Gasteiger partial charge on any atom is 0.0208 e. The van der Waals surface area contributed by atoms with Crippen LogP contribution < -0.4 is 5.32 Å². The van der Waals surface area contributed by atoms with Crippen LogP contribution in [-0.4, -0.2) is 6.54 Å². The molecule has 1 aliphatic rings. The first-order valence-corrected chi connectivity index (χ1v) is 7.30. The minimum atomic E-state index is 1.01. The van der Waals surface area contributed by atoms with Gasteiger partial charge in [-0.2, -0.15) is 0 Å². The minimum Gasteiger partial charge on any atom is -0.312 e. The number of fused-ring (bicyclic) bond motifs is 1. The summed E-state index contributed by atoms with van der Waals surface area (Å²) in [4.78, 5) is 0. The van der Waals surface area contributed by atoms with Crippen LogP contribution in [-0.2, 0) is 19.4 Å². The van der Waals surface area contributed by atoms with Crippen LogP contribution in [0.3, 0.4) is 0 Å². The summed E-state index contributed by atoms with van der Waals surface area (Å²) in [5, 5.41) is 3.46. The standard InChI is InChI=1S/C18H21N/c1-2-6-14-7-3-4-9-16(14)18-10-5-8-15-13-19-12-11-17(15)18/h3-5,7-10,19H,2,6,11-13H2,1H3. The molecule has 0 saturated carbocycles. The normalized spacial score (nSPS) is 14.2. The van der Waals surface area contributed by atoms with E-state index in [1.807, 2.05) is 0 Å². The molecule has 0 amide bonds. The lowest BCUT2D eigenvalue weighted by molar-refractivity contribution is 0.645. The second kappa shape index (κ2) is 5.58. The highest BCUT2D eigenvalue weighted by Gasteiger charge is 2.14. The topological polar surface area (TPSA) is 12.0 Å². The molecule has 0 fully saturated rings. The summed E-state index contributed by atoms with van der Waals surface area (Å²) >= 11 is 0. The smallest absolute Gasteiger partial charge is 0.0208 e. The van der Waals surface area contributed by atoms with Crippen LogP contribution in [0.25, 0.3) is 11.1 Å². The van der Waals surface area contributed by atoms with E-state index in [0.717, 1.165) is 25.9 Å². The lowest BCUT2D eigenvalue weighted by Gasteiger charge is -2.21. The summed E-state index contributed by atoms with van der Waals surface area (Å²) in [7, 11) is 0. The highest BCUT2D eigenvalue weighted by atomic mass is 14.9. The van der Waals surface area contributed by atoms with Gasteiger partial charge in [0, 0.05) is 6.54 Å². The van der Waals surface area contributed by atoms with Crippen molar-refractivity contribution in [1.82, 2.24) is 5.32 Å². The lowest BCUT2D eigenvalue weighted by Crippen LogP contribution is -2.24. The molecule has 0 radical (unpaired) electrons. The van der Waals surface area contributed by atoms with Gasteiger partial charge in [-0.3, -0.25) is 0 Å². The van der Waals surface area contributed by atoms with E-state index in [2.05, 4.69) is 54.7 Å². The van der Waals surface area contributed by atoms with Crippen molar-refractivity contribution in [1.29, 1.82) is 0 Å². The monoisotopic (exact) mass is 251 g/mol. The maximum absolute atomic E-state index is 3.46. The molecule has 0 spiro atoms. The molecule has 0 aliphatic carbocycles. The van der Waals surface area contributed by atoms with Crippen LogP contribution in [0.2, 0.25) is 0 Å². The highest BCUT2D eigenvalue weighted by Crippen LogP contribution is 2.31. The van der Waals surface area contributed by atoms with Gasteiger partial charge in [0.15, 0.2) is 0 Å². The van der Waals surface area contributed by atoms with Gasteiger partial charge in [0.1, 0.15) is 0 Å². The third-order valence-electron chi connectivity index (χ3n) is 3.97. The fourth-order valence-electron chi connectivity index (χ4n) is 3.05. The number of rotatable bonds is 3. The fraction of sp³-hybridized carbons (Fsp3) is 0.333. The Hall–Kier alpha value is -1.60. The molecule has 0 bridgehead atoms. The van der Waals surface area contributed by atoms with Crippen molar-refractivity contribution in [3.63, 3.8) is 0 Å². The zero-order valence-electron chi connectivity index (χ0n) is 11.6. The SMILES string of the molecule is CCCc1ccccc1-c1cccc2c1CCNC2. The van der Waals surface area contributed by atoms with Gasteiger partial charge in [0.25, 0.3) is 0 Å². The number of benzene rings is 2. The highest BCUT2D eigenvalue weighted by molar-refractivity contribution is 5.72. The van der Waals surface area contributed by atoms with Crippen molar-refractivity contribution < 1.29 is 0 Å². The van der Waals surface area contributed by atoms with Crippen LogP contribution in [0.4, 0.5) is 0 Å². The van der Waals surface area contributed by atoms with Crippen molar-refractivity contribution >= 4 is 0 Å². The molecule has 0 saturated heterocycles. The van der Waals surface area contributed by atoms with Crippen LogP contribution in [0.5, 0.6) is 0 Å². The first-order valence-electron chi connectivity index (χ1n) is 7.30. The molecule has 0 unspecified atom stereocenters. The van der Waals surface area contributed by atoms with E-state index in [1.165, 1.54) is 28.7 Å². The summed E-state index contributed by atoms with van der Waals surface area (Å²) in [5.74, 6) is 0. The predicted molar refractivity (Wildman–Crippen MR) is 81.3 cm³/mol. The molecule has 2 aromatic carbocycles. The molecule has 1 aliphatic heterocycles. The van der Waals surface area contributed by atoms with E-state index in [-0.39, 0.29) is 0 Å². The molecule has 0 aromatic heterocycles. The Kier molecular flexibility index (Phi) is 3.65. The molecule has 3 rings (SSSR count). The van der Waals surface area contributed by atoms with Crippen LogP contribution in [0.1, 0.15) is 30.0 Å². The molecule has 2 aromatic rings. The molecule has 98 valence electrons. The Morgan fingerprint density at radius 1 is 1.00 bits per heavy atom. The van der Waals surface area contributed by atoms with E-state index in [1.54, 1.807) is 5.56 Å². The Morgan fingerprint density at radius 3 is 2.74 bits per heavy atom. The summed E-state index contributed by atoms with van der Waals surface area (Å²) in [5.41, 5.74) is 7.38. The van der Waals surface area contributed by atoms with E-state index in [9.17, 15) is 0 Å². The molecule has 1 heteroatoms. The molecule has 1 N–H and O–H groups in total. The van der Waals surface area contributed by atoms with Gasteiger partial charge in [0.05, 0.1) is 0 Å². The van der Waals surface area contributed by atoms with Crippen LogP contribution in [0, 0.1) is 0 Å². The molecule has 19 heavy (non-hydrogen) atoms. The number of hydrogen-bond acceptors (Lipinski definition) is 1. The first kappa shape index (κ1) is 12.4. The van der Waals surface area contributed by atoms with Gasteiger partial charge >= 0.3 is 0 Å². The molecular formula is C18H21N. The van der Waals surface area contributed by atoms with Crippen molar-refractivity contribution in [3.05, 3.63) is 59.2 Å². The van der Waals surface area contributed by atoms with E-state index in [0.29, 0.717) is 0 Å². The van der Waals surface area contributed by atoms with Gasteiger partial charge in [0.2, 0.25) is 0 Å². The average Bonchev–Trinajstić information content (AvgIpc) is 2.48. The van der Waals surface area contributed by atoms with Crippen molar-refractivity contribution in [3.8, 4) is 11.1 Å². The molecular weight excluding hydrogens is 230 g/mol. The van der Waals surface area contributed by atoms with Crippen LogP contribution in [0.15, 0.2) is 42.5 Å². The van der Waals surface area contributed by atoms with Crippen molar-refractivity contribution in [2.45, 2.75) is 32.7 Å². The van der Waals surface area contributed by atoms with E-state index >= 15 is 0 Å². The largest absolute Gasteiger partial charge is 0.312 e. The fourth-order valence-corrected chi connectivity index (χ4v) is 3.05. The van der Waals surface area contributed by atoms with E-state index < -0.39 is 0 Å². The average molecular weight is 251 g/mol. The predicted octanol–water partition coefficient (Wildman–Crippen LogP) is 3.95. The van der Waals surface area contributed by atoms with Gasteiger partial charge in [-0.25, -0.2) is 0 Å². The lowest BCUT2D eigenvalue weighted by atomic mass is 9.88. The first-order chi connectivity index (χ1) is 9.40. The van der Waals surface area contributed by atoms with E-state index in [4.69, 9.17) is 0 Å². The Morgan fingerprint density at radius 2 is 1.84 bits per heavy atom. The summed E-state index contributed by atoms with van der Waals surface area (Å²) in [6, 6.07) is 15.6. The summed E-state index contributed by atoms with van der Waals surface area (Å²) < 4.78 is 0. The quantitative estimate of drug-likeness (QED) is 0.871. The molecule has 1 heterocycles. The number of nitrogens with one attached hydrogen (secondary N) is 1. The van der Waals surface area contributed by atoms with Gasteiger partial charge < -0.3 is 5.32 Å². The summed E-state index contributed by atoms with van der Waals surface area (Å²) in [6.07, 6.45) is 3.51. The number of hydrogen-bond donors (Lipinski definition) is 1. The van der Waals surface area contributed by atoms with Gasteiger partial charge in [-0.15, -0.1) is 0 Å². The molecule has 1 nitrogen and oxygen atoms in total. The maximum atomic E-state index is 3.46. The third-order valence-corrected chi connectivity index (χ3v) is 3.97. The van der Waals surface area contributed by atoms with Gasteiger partial charge in [-0.05, 0) is 47.2 Å². The Bertz CT molecular complexity index is 572. The van der Waals surface area contributed by atoms with Crippen molar-refractivity contribution in [2.24, 2.45) is 0 Å². The number of aryl methyl sites for hydroxylation is 1. The minimum absolute atomic E-state index is 1.01. The zero-order chi connectivity index (χ0) is 13.1. The summed E-state index contributed by atoms with van der Waals surface area (Å²) in [6.45, 7) is 4.36. The second-order valence-electron chi connectivity index (χ2n) is 5.28. The Balaban J connectivity index is 2.12. The Labute approximate surface area is 115 Å². The molecule has 0 atom stereocenters.